The minimum absolute atomic E-state index is 0.0288. The average Bonchev–Trinajstić information content (AvgIpc) is 2.52. The predicted molar refractivity (Wildman–Crippen MR) is 102 cm³/mol. The first-order valence-corrected chi connectivity index (χ1v) is 8.62. The smallest absolute Gasteiger partial charge is 0.266 e. The molecule has 0 aromatic heterocycles. The van der Waals surface area contributed by atoms with Crippen molar-refractivity contribution in [1.82, 2.24) is 0 Å². The maximum atomic E-state index is 12.3. The standard InChI is InChI=1S/C17H11Br2ClN2O2/c1-24-16-14(18)6-10(7-15(16)19)5-11(9-21)17(23)22-13-4-2-3-12(20)8-13/h2-8H,1H3,(H,22,23)/b11-5+. The van der Waals surface area contributed by atoms with E-state index in [1.165, 1.54) is 6.08 Å². The van der Waals surface area contributed by atoms with Crippen molar-refractivity contribution in [2.75, 3.05) is 12.4 Å². The number of nitriles is 1. The van der Waals surface area contributed by atoms with E-state index < -0.39 is 5.91 Å². The van der Waals surface area contributed by atoms with Crippen molar-refractivity contribution in [3.8, 4) is 11.8 Å². The van der Waals surface area contributed by atoms with Gasteiger partial charge in [0.15, 0.2) is 0 Å². The van der Waals surface area contributed by atoms with Crippen LogP contribution in [-0.4, -0.2) is 13.0 Å². The monoisotopic (exact) mass is 468 g/mol. The Hall–Kier alpha value is -1.81. The van der Waals surface area contributed by atoms with Gasteiger partial charge in [-0.25, -0.2) is 0 Å². The van der Waals surface area contributed by atoms with E-state index in [0.717, 1.165) is 0 Å². The molecule has 1 amide bonds. The Kier molecular flexibility index (Phi) is 6.44. The summed E-state index contributed by atoms with van der Waals surface area (Å²) in [5, 5.41) is 12.4. The van der Waals surface area contributed by atoms with Crippen LogP contribution in [0.25, 0.3) is 6.08 Å². The zero-order valence-electron chi connectivity index (χ0n) is 12.4. The lowest BCUT2D eigenvalue weighted by Gasteiger charge is -2.08. The third-order valence-electron chi connectivity index (χ3n) is 2.98. The first-order valence-electron chi connectivity index (χ1n) is 6.66. The van der Waals surface area contributed by atoms with Gasteiger partial charge in [-0.1, -0.05) is 17.7 Å². The van der Waals surface area contributed by atoms with Crippen molar-refractivity contribution in [2.45, 2.75) is 0 Å². The molecule has 0 radical (unpaired) electrons. The molecule has 122 valence electrons. The van der Waals surface area contributed by atoms with Crippen molar-refractivity contribution in [2.24, 2.45) is 0 Å². The number of benzene rings is 2. The van der Waals surface area contributed by atoms with E-state index in [1.54, 1.807) is 43.5 Å². The summed E-state index contributed by atoms with van der Waals surface area (Å²) in [5.74, 6) is 0.122. The highest BCUT2D eigenvalue weighted by Crippen LogP contribution is 2.35. The molecule has 0 saturated heterocycles. The molecule has 0 bridgehead atoms. The number of rotatable bonds is 4. The summed E-state index contributed by atoms with van der Waals surface area (Å²) in [7, 11) is 1.56. The van der Waals surface area contributed by atoms with Gasteiger partial charge in [-0.2, -0.15) is 5.26 Å². The van der Waals surface area contributed by atoms with Crippen molar-refractivity contribution in [3.05, 3.63) is 61.5 Å². The summed E-state index contributed by atoms with van der Waals surface area (Å²) in [5.41, 5.74) is 1.16. The number of methoxy groups -OCH3 is 1. The molecule has 4 nitrogen and oxygen atoms in total. The van der Waals surface area contributed by atoms with Crippen LogP contribution < -0.4 is 10.1 Å². The number of hydrogen-bond acceptors (Lipinski definition) is 3. The Labute approximate surface area is 161 Å². The van der Waals surface area contributed by atoms with E-state index in [1.807, 2.05) is 6.07 Å². The fourth-order valence-corrected chi connectivity index (χ4v) is 3.67. The normalized spacial score (nSPS) is 10.9. The predicted octanol–water partition coefficient (Wildman–Crippen LogP) is 5.42. The van der Waals surface area contributed by atoms with Gasteiger partial charge in [-0.15, -0.1) is 0 Å². The molecular weight excluding hydrogens is 459 g/mol. The highest BCUT2D eigenvalue weighted by Gasteiger charge is 2.12. The number of nitrogens with one attached hydrogen (secondary N) is 1. The van der Waals surface area contributed by atoms with Crippen LogP contribution in [0.2, 0.25) is 5.02 Å². The maximum absolute atomic E-state index is 12.3. The van der Waals surface area contributed by atoms with Gasteiger partial charge < -0.3 is 10.1 Å². The highest BCUT2D eigenvalue weighted by molar-refractivity contribution is 9.11. The number of nitrogens with zero attached hydrogens (tertiary/aromatic N) is 1. The number of amides is 1. The molecule has 24 heavy (non-hydrogen) atoms. The third-order valence-corrected chi connectivity index (χ3v) is 4.40. The van der Waals surface area contributed by atoms with Crippen molar-refractivity contribution in [3.63, 3.8) is 0 Å². The molecule has 0 atom stereocenters. The quantitative estimate of drug-likeness (QED) is 0.480. The second kappa shape index (κ2) is 8.34. The Morgan fingerprint density at radius 3 is 2.50 bits per heavy atom. The molecule has 0 fully saturated rings. The van der Waals surface area contributed by atoms with Crippen molar-refractivity contribution in [1.29, 1.82) is 5.26 Å². The van der Waals surface area contributed by atoms with Gasteiger partial charge in [0.25, 0.3) is 5.91 Å². The van der Waals surface area contributed by atoms with Gasteiger partial charge in [0, 0.05) is 10.7 Å². The minimum atomic E-state index is -0.511. The summed E-state index contributed by atoms with van der Waals surface area (Å²) in [6.07, 6.45) is 1.49. The number of anilines is 1. The lowest BCUT2D eigenvalue weighted by Crippen LogP contribution is -2.13. The molecule has 0 aliphatic carbocycles. The topological polar surface area (TPSA) is 62.1 Å². The highest BCUT2D eigenvalue weighted by atomic mass is 79.9. The Balaban J connectivity index is 2.29. The largest absolute Gasteiger partial charge is 0.494 e. The molecule has 0 heterocycles. The van der Waals surface area contributed by atoms with Crippen LogP contribution in [0, 0.1) is 11.3 Å². The molecule has 2 aromatic carbocycles. The Bertz CT molecular complexity index is 837. The van der Waals surface area contributed by atoms with Crippen molar-refractivity contribution >= 4 is 61.1 Å². The molecule has 0 spiro atoms. The summed E-state index contributed by atoms with van der Waals surface area (Å²) in [4.78, 5) is 12.3. The summed E-state index contributed by atoms with van der Waals surface area (Å²) >= 11 is 12.7. The van der Waals surface area contributed by atoms with Crippen LogP contribution in [0.15, 0.2) is 50.9 Å². The Morgan fingerprint density at radius 1 is 1.29 bits per heavy atom. The average molecular weight is 471 g/mol. The van der Waals surface area contributed by atoms with Gasteiger partial charge in [0.2, 0.25) is 0 Å². The molecule has 0 saturated carbocycles. The van der Waals surface area contributed by atoms with Crippen LogP contribution in [0.4, 0.5) is 5.69 Å². The first kappa shape index (κ1) is 18.5. The molecule has 2 rings (SSSR count). The lowest BCUT2D eigenvalue weighted by atomic mass is 10.1. The lowest BCUT2D eigenvalue weighted by molar-refractivity contribution is -0.112. The van der Waals surface area contributed by atoms with E-state index in [4.69, 9.17) is 16.3 Å². The van der Waals surface area contributed by atoms with E-state index >= 15 is 0 Å². The molecule has 1 N–H and O–H groups in total. The van der Waals surface area contributed by atoms with Crippen LogP contribution >= 0.6 is 43.5 Å². The van der Waals surface area contributed by atoms with Gasteiger partial charge in [0.05, 0.1) is 16.1 Å². The van der Waals surface area contributed by atoms with Crippen LogP contribution in [0.3, 0.4) is 0 Å². The molecule has 2 aromatic rings. The van der Waals surface area contributed by atoms with Crippen LogP contribution in [-0.2, 0) is 4.79 Å². The fourth-order valence-electron chi connectivity index (χ4n) is 1.94. The number of hydrogen-bond donors (Lipinski definition) is 1. The third kappa shape index (κ3) is 4.60. The summed E-state index contributed by atoms with van der Waals surface area (Å²) in [6.45, 7) is 0. The molecule has 0 unspecified atom stereocenters. The molecular formula is C17H11Br2ClN2O2. The van der Waals surface area contributed by atoms with Crippen molar-refractivity contribution < 1.29 is 9.53 Å². The van der Waals surface area contributed by atoms with E-state index in [9.17, 15) is 10.1 Å². The van der Waals surface area contributed by atoms with Gasteiger partial charge in [0.1, 0.15) is 17.4 Å². The van der Waals surface area contributed by atoms with Crippen LogP contribution in [0.1, 0.15) is 5.56 Å². The van der Waals surface area contributed by atoms with E-state index in [-0.39, 0.29) is 5.57 Å². The SMILES string of the molecule is COc1c(Br)cc(/C=C(\C#N)C(=O)Nc2cccc(Cl)c2)cc1Br. The molecule has 7 heteroatoms. The van der Waals surface area contributed by atoms with Gasteiger partial charge >= 0.3 is 0 Å². The molecule has 0 aliphatic rings. The second-order valence-electron chi connectivity index (χ2n) is 4.65. The second-order valence-corrected chi connectivity index (χ2v) is 6.80. The van der Waals surface area contributed by atoms with Gasteiger partial charge in [-0.3, -0.25) is 4.79 Å². The summed E-state index contributed by atoms with van der Waals surface area (Å²) in [6, 6.07) is 12.1. The van der Waals surface area contributed by atoms with E-state index in [0.29, 0.717) is 31.0 Å². The zero-order chi connectivity index (χ0) is 17.7. The number of ether oxygens (including phenoxy) is 1. The number of carbonyl (C=O) groups excluding carboxylic acids is 1. The zero-order valence-corrected chi connectivity index (χ0v) is 16.4. The summed E-state index contributed by atoms with van der Waals surface area (Å²) < 4.78 is 6.64. The minimum Gasteiger partial charge on any atom is -0.494 e. The Morgan fingerprint density at radius 2 is 1.96 bits per heavy atom. The molecule has 0 aliphatic heterocycles. The first-order chi connectivity index (χ1) is 11.4. The van der Waals surface area contributed by atoms with E-state index in [2.05, 4.69) is 37.2 Å². The number of halogens is 3. The fraction of sp³-hybridized carbons (Fsp3) is 0.0588. The number of carbonyl (C=O) groups is 1. The van der Waals surface area contributed by atoms with Gasteiger partial charge in [-0.05, 0) is 73.8 Å². The maximum Gasteiger partial charge on any atom is 0.266 e. The van der Waals surface area contributed by atoms with Crippen LogP contribution in [0.5, 0.6) is 5.75 Å².